The van der Waals surface area contributed by atoms with E-state index in [9.17, 15) is 35.9 Å². The first-order valence-electron chi connectivity index (χ1n) is 12.4. The van der Waals surface area contributed by atoms with Crippen molar-refractivity contribution in [3.05, 3.63) is 66.1 Å². The molecule has 1 aliphatic rings. The van der Waals surface area contributed by atoms with Gasteiger partial charge in [0.25, 0.3) is 0 Å². The number of carbonyl (C=O) groups is 4. The Labute approximate surface area is 239 Å². The van der Waals surface area contributed by atoms with Gasteiger partial charge in [0.1, 0.15) is 6.04 Å². The molecular formula is C26H27F6N5O6. The lowest BCUT2D eigenvalue weighted by molar-refractivity contribution is -0.193. The average molecular weight is 620 g/mol. The summed E-state index contributed by atoms with van der Waals surface area (Å²) in [6, 6.07) is 13.1. The Kier molecular flexibility index (Phi) is 12.0. The fourth-order valence-corrected chi connectivity index (χ4v) is 3.76. The number of H-pyrrole nitrogens is 1. The minimum Gasteiger partial charge on any atom is -0.475 e. The summed E-state index contributed by atoms with van der Waals surface area (Å²) >= 11 is 0. The van der Waals surface area contributed by atoms with Crippen LogP contribution in [0.5, 0.6) is 0 Å². The first kappa shape index (κ1) is 34.5. The van der Waals surface area contributed by atoms with E-state index in [1.165, 1.54) is 5.56 Å². The summed E-state index contributed by atoms with van der Waals surface area (Å²) in [6.45, 7) is 2.83. The van der Waals surface area contributed by atoms with Gasteiger partial charge in [-0.15, -0.1) is 0 Å². The third kappa shape index (κ3) is 11.3. The number of aromatic nitrogens is 2. The maximum atomic E-state index is 12.6. The summed E-state index contributed by atoms with van der Waals surface area (Å²) in [6.07, 6.45) is -5.94. The van der Waals surface area contributed by atoms with Crippen LogP contribution in [0.3, 0.4) is 0 Å². The number of nitrogens with one attached hydrogen (secondary N) is 4. The Bertz CT molecular complexity index is 1340. The third-order valence-electron chi connectivity index (χ3n) is 5.89. The Morgan fingerprint density at radius 1 is 1.00 bits per heavy atom. The van der Waals surface area contributed by atoms with Crippen molar-refractivity contribution >= 4 is 34.7 Å². The lowest BCUT2D eigenvalue weighted by Gasteiger charge is -2.17. The predicted molar refractivity (Wildman–Crippen MR) is 139 cm³/mol. The van der Waals surface area contributed by atoms with Crippen molar-refractivity contribution in [1.82, 2.24) is 25.9 Å². The van der Waals surface area contributed by atoms with Crippen molar-refractivity contribution in [2.45, 2.75) is 50.2 Å². The van der Waals surface area contributed by atoms with Gasteiger partial charge in [0.15, 0.2) is 0 Å². The molecule has 0 saturated carbocycles. The van der Waals surface area contributed by atoms with Crippen LogP contribution in [0.15, 0.2) is 54.9 Å². The first-order chi connectivity index (χ1) is 20.0. The monoisotopic (exact) mass is 619 g/mol. The van der Waals surface area contributed by atoms with Gasteiger partial charge in [0, 0.05) is 35.5 Å². The molecule has 1 aliphatic heterocycles. The molecule has 3 heterocycles. The summed E-state index contributed by atoms with van der Waals surface area (Å²) in [5.74, 6) is -5.55. The maximum absolute atomic E-state index is 12.6. The number of carboxylic acids is 2. The first-order valence-corrected chi connectivity index (χ1v) is 12.4. The lowest BCUT2D eigenvalue weighted by Crippen LogP contribution is -2.49. The van der Waals surface area contributed by atoms with Crippen molar-refractivity contribution in [3.8, 4) is 0 Å². The highest BCUT2D eigenvalue weighted by Gasteiger charge is 2.39. The maximum Gasteiger partial charge on any atom is 0.490 e. The van der Waals surface area contributed by atoms with E-state index in [1.54, 1.807) is 19.3 Å². The molecule has 3 atom stereocenters. The van der Waals surface area contributed by atoms with Crippen molar-refractivity contribution < 1.29 is 55.7 Å². The van der Waals surface area contributed by atoms with Crippen LogP contribution in [-0.4, -0.2) is 74.9 Å². The van der Waals surface area contributed by atoms with Gasteiger partial charge in [-0.1, -0.05) is 30.3 Å². The fraction of sp³-hybridized carbons (Fsp3) is 0.346. The third-order valence-corrected chi connectivity index (χ3v) is 5.89. The van der Waals surface area contributed by atoms with Gasteiger partial charge >= 0.3 is 24.3 Å². The van der Waals surface area contributed by atoms with E-state index < -0.39 is 30.3 Å². The highest BCUT2D eigenvalue weighted by atomic mass is 19.4. The number of benzene rings is 1. The van der Waals surface area contributed by atoms with Gasteiger partial charge in [0.2, 0.25) is 11.8 Å². The number of aromatic amines is 1. The van der Waals surface area contributed by atoms with Crippen LogP contribution in [0, 0.1) is 0 Å². The summed E-state index contributed by atoms with van der Waals surface area (Å²) in [5, 5.41) is 24.2. The average Bonchev–Trinajstić information content (AvgIpc) is 3.59. The van der Waals surface area contributed by atoms with E-state index in [4.69, 9.17) is 19.8 Å². The number of nitrogens with zero attached hydrogens (tertiary/aromatic N) is 1. The molecule has 6 N–H and O–H groups in total. The molecule has 1 fully saturated rings. The van der Waals surface area contributed by atoms with Gasteiger partial charge in [-0.2, -0.15) is 26.3 Å². The van der Waals surface area contributed by atoms with Crippen molar-refractivity contribution in [3.63, 3.8) is 0 Å². The van der Waals surface area contributed by atoms with Crippen molar-refractivity contribution in [2.24, 2.45) is 0 Å². The predicted octanol–water partition coefficient (Wildman–Crippen LogP) is 3.10. The van der Waals surface area contributed by atoms with E-state index in [0.717, 1.165) is 29.6 Å². The number of amides is 2. The Balaban J connectivity index is 0.000000384. The second kappa shape index (κ2) is 15.0. The SMILES string of the molecule is C[C@H](NC(=O)[C@H]1C[C@H](c2ccccc2)CN1)C(=O)NCc1cc2cnccc2[nH]1.O=C(O)C(F)(F)F.O=C(O)C(F)(F)F. The number of halogens is 6. The minimum atomic E-state index is -5.08. The molecular weight excluding hydrogens is 592 g/mol. The molecule has 0 radical (unpaired) electrons. The number of fused-ring (bicyclic) bond motifs is 1. The Morgan fingerprint density at radius 2 is 1.58 bits per heavy atom. The van der Waals surface area contributed by atoms with Gasteiger partial charge in [-0.25, -0.2) is 9.59 Å². The molecule has 0 spiro atoms. The van der Waals surface area contributed by atoms with Gasteiger partial charge in [0.05, 0.1) is 12.6 Å². The molecule has 1 saturated heterocycles. The largest absolute Gasteiger partial charge is 0.490 e. The van der Waals surface area contributed by atoms with Crippen LogP contribution in [-0.2, 0) is 25.7 Å². The summed E-state index contributed by atoms with van der Waals surface area (Å²) in [7, 11) is 0. The smallest absolute Gasteiger partial charge is 0.475 e. The molecule has 2 aromatic heterocycles. The number of aliphatic carboxylic acids is 2. The number of rotatable bonds is 6. The van der Waals surface area contributed by atoms with Gasteiger partial charge in [-0.05, 0) is 37.0 Å². The zero-order chi connectivity index (χ0) is 32.4. The van der Waals surface area contributed by atoms with Crippen LogP contribution in [0.1, 0.15) is 30.5 Å². The molecule has 234 valence electrons. The molecule has 43 heavy (non-hydrogen) atoms. The zero-order valence-corrected chi connectivity index (χ0v) is 22.3. The second-order valence-electron chi connectivity index (χ2n) is 9.12. The van der Waals surface area contributed by atoms with Crippen LogP contribution in [0.4, 0.5) is 26.3 Å². The normalized spacial score (nSPS) is 17.0. The highest BCUT2D eigenvalue weighted by Crippen LogP contribution is 2.25. The van der Waals surface area contributed by atoms with E-state index in [2.05, 4.69) is 38.1 Å². The second-order valence-corrected chi connectivity index (χ2v) is 9.12. The number of carbonyl (C=O) groups excluding carboxylic acids is 2. The molecule has 11 nitrogen and oxygen atoms in total. The molecule has 0 bridgehead atoms. The zero-order valence-electron chi connectivity index (χ0n) is 22.3. The molecule has 0 aliphatic carbocycles. The van der Waals surface area contributed by atoms with Crippen molar-refractivity contribution in [1.29, 1.82) is 0 Å². The lowest BCUT2D eigenvalue weighted by atomic mass is 9.96. The molecule has 17 heteroatoms. The highest BCUT2D eigenvalue weighted by molar-refractivity contribution is 5.89. The quantitative estimate of drug-likeness (QED) is 0.228. The molecule has 3 aromatic rings. The van der Waals surface area contributed by atoms with Crippen LogP contribution in [0.2, 0.25) is 0 Å². The van der Waals surface area contributed by atoms with Crippen molar-refractivity contribution in [2.75, 3.05) is 6.54 Å². The van der Waals surface area contributed by atoms with E-state index in [-0.39, 0.29) is 17.9 Å². The topological polar surface area (TPSA) is 174 Å². The summed E-state index contributed by atoms with van der Waals surface area (Å²) in [5.41, 5.74) is 3.10. The summed E-state index contributed by atoms with van der Waals surface area (Å²) in [4.78, 5) is 50.1. The number of carboxylic acid groups (broad SMARTS) is 2. The van der Waals surface area contributed by atoms with E-state index in [1.807, 2.05) is 30.3 Å². The van der Waals surface area contributed by atoms with E-state index >= 15 is 0 Å². The molecule has 4 rings (SSSR count). The van der Waals surface area contributed by atoms with Gasteiger partial charge < -0.3 is 31.1 Å². The molecule has 0 unspecified atom stereocenters. The Morgan fingerprint density at radius 3 is 2.12 bits per heavy atom. The summed E-state index contributed by atoms with van der Waals surface area (Å²) < 4.78 is 63.5. The van der Waals surface area contributed by atoms with Gasteiger partial charge in [-0.3, -0.25) is 14.6 Å². The van der Waals surface area contributed by atoms with Crippen LogP contribution in [0.25, 0.3) is 10.9 Å². The number of pyridine rings is 1. The molecule has 2 amide bonds. The minimum absolute atomic E-state index is 0.136. The standard InChI is InChI=1S/C22H25N5O2.2C2HF3O2/c1-14(21(28)25-13-18-9-17-11-23-8-7-19(17)27-18)26-22(29)20-10-16(12-24-20)15-5-3-2-4-6-15;2*3-2(4,5)1(6)7/h2-9,11,14,16,20,24,27H,10,12-13H2,1H3,(H,25,28)(H,26,29);2*(H,6,7)/t14-,16-,20+;;/m0../s1. The van der Waals surface area contributed by atoms with Crippen LogP contribution < -0.4 is 16.0 Å². The number of hydrogen-bond acceptors (Lipinski definition) is 6. The number of alkyl halides is 6. The fourth-order valence-electron chi connectivity index (χ4n) is 3.76. The van der Waals surface area contributed by atoms with E-state index in [0.29, 0.717) is 12.5 Å². The number of hydrogen-bond donors (Lipinski definition) is 6. The van der Waals surface area contributed by atoms with Crippen LogP contribution >= 0.6 is 0 Å². The molecule has 1 aromatic carbocycles. The Hall–Kier alpha value is -4.67.